The molecule has 94 valence electrons. The van der Waals surface area contributed by atoms with E-state index < -0.39 is 16.9 Å². The number of nitrogens with zero attached hydrogens (tertiary/aromatic N) is 3. The molecule has 9 heteroatoms. The first-order chi connectivity index (χ1) is 8.50. The fraction of sp³-hybridized carbons (Fsp3) is 0.222. The van der Waals surface area contributed by atoms with Crippen molar-refractivity contribution in [3.8, 4) is 0 Å². The van der Waals surface area contributed by atoms with Crippen molar-refractivity contribution in [1.82, 2.24) is 10.3 Å². The highest BCUT2D eigenvalue weighted by molar-refractivity contribution is 5.86. The van der Waals surface area contributed by atoms with Crippen LogP contribution in [0.4, 0.5) is 5.69 Å². The molecule has 1 aromatic heterocycles. The van der Waals surface area contributed by atoms with Gasteiger partial charge in [0.1, 0.15) is 11.6 Å². The number of non-ortho nitro benzene ring substituents is 1. The van der Waals surface area contributed by atoms with Gasteiger partial charge in [0.25, 0.3) is 0 Å². The van der Waals surface area contributed by atoms with Gasteiger partial charge in [0.2, 0.25) is 5.52 Å². The molecule has 0 spiro atoms. The zero-order valence-electron chi connectivity index (χ0n) is 8.94. The zero-order valence-corrected chi connectivity index (χ0v) is 8.94. The van der Waals surface area contributed by atoms with Gasteiger partial charge in [-0.3, -0.25) is 14.9 Å². The van der Waals surface area contributed by atoms with Gasteiger partial charge in [0.05, 0.1) is 4.92 Å². The molecule has 0 unspecified atom stereocenters. The van der Waals surface area contributed by atoms with Gasteiger partial charge in [-0.15, -0.1) is 0 Å². The second kappa shape index (κ2) is 4.37. The molecule has 0 saturated carbocycles. The number of fused-ring (bicyclic) bond motifs is 1. The number of benzene rings is 1. The number of hydrogen-bond donors (Lipinski definition) is 2. The molecule has 9 nitrogen and oxygen atoms in total. The number of nitro benzene ring substituents is 1. The summed E-state index contributed by atoms with van der Waals surface area (Å²) in [4.78, 5) is 20.8. The third-order valence-corrected chi connectivity index (χ3v) is 2.43. The SMILES string of the molecule is N[C@H](Cc1ccc([N+](=O)[O-])c2nonc12)C(=O)O. The van der Waals surface area contributed by atoms with Crippen LogP contribution in [0.5, 0.6) is 0 Å². The van der Waals surface area contributed by atoms with Crippen LogP contribution >= 0.6 is 0 Å². The number of carboxylic acid groups (broad SMARTS) is 1. The van der Waals surface area contributed by atoms with Crippen molar-refractivity contribution in [2.75, 3.05) is 0 Å². The molecule has 1 atom stereocenters. The molecule has 0 bridgehead atoms. The Labute approximate surface area is 99.3 Å². The van der Waals surface area contributed by atoms with E-state index in [9.17, 15) is 14.9 Å². The maximum absolute atomic E-state index is 10.7. The molecule has 0 amide bonds. The third-order valence-electron chi connectivity index (χ3n) is 2.43. The van der Waals surface area contributed by atoms with Gasteiger partial charge in [0.15, 0.2) is 0 Å². The number of aromatic nitrogens is 2. The number of rotatable bonds is 4. The molecule has 2 aromatic rings. The van der Waals surface area contributed by atoms with Crippen LogP contribution in [0.2, 0.25) is 0 Å². The molecule has 1 heterocycles. The normalized spacial score (nSPS) is 12.5. The summed E-state index contributed by atoms with van der Waals surface area (Å²) in [7, 11) is 0. The molecule has 0 aliphatic rings. The molecule has 3 N–H and O–H groups in total. The van der Waals surface area contributed by atoms with Gasteiger partial charge in [-0.05, 0) is 21.9 Å². The monoisotopic (exact) mass is 252 g/mol. The van der Waals surface area contributed by atoms with Crippen molar-refractivity contribution in [1.29, 1.82) is 0 Å². The first-order valence-corrected chi connectivity index (χ1v) is 4.87. The maximum Gasteiger partial charge on any atom is 0.320 e. The number of hydrogen-bond acceptors (Lipinski definition) is 7. The summed E-state index contributed by atoms with van der Waals surface area (Å²) in [6.07, 6.45) is -0.0158. The Hall–Kier alpha value is -2.55. The fourth-order valence-corrected chi connectivity index (χ4v) is 1.54. The Balaban J connectivity index is 2.48. The second-order valence-electron chi connectivity index (χ2n) is 3.61. The van der Waals surface area contributed by atoms with Gasteiger partial charge in [-0.2, -0.15) is 0 Å². The summed E-state index contributed by atoms with van der Waals surface area (Å²) in [5.41, 5.74) is 5.71. The van der Waals surface area contributed by atoms with Gasteiger partial charge in [-0.25, -0.2) is 4.63 Å². The quantitative estimate of drug-likeness (QED) is 0.574. The van der Waals surface area contributed by atoms with Crippen molar-refractivity contribution in [3.05, 3.63) is 27.8 Å². The Bertz CT molecular complexity index is 622. The number of nitro groups is 1. The van der Waals surface area contributed by atoms with Crippen LogP contribution in [0.15, 0.2) is 16.8 Å². The number of carboxylic acids is 1. The van der Waals surface area contributed by atoms with E-state index in [0.717, 1.165) is 0 Å². The van der Waals surface area contributed by atoms with E-state index >= 15 is 0 Å². The summed E-state index contributed by atoms with van der Waals surface area (Å²) < 4.78 is 4.45. The molecule has 0 aliphatic carbocycles. The lowest BCUT2D eigenvalue weighted by atomic mass is 10.0. The first kappa shape index (κ1) is 11.9. The molecule has 0 saturated heterocycles. The summed E-state index contributed by atoms with van der Waals surface area (Å²) in [5.74, 6) is -1.17. The van der Waals surface area contributed by atoms with E-state index in [1.165, 1.54) is 12.1 Å². The lowest BCUT2D eigenvalue weighted by molar-refractivity contribution is -0.383. The topological polar surface area (TPSA) is 145 Å². The minimum absolute atomic E-state index is 0.0158. The van der Waals surface area contributed by atoms with Crippen molar-refractivity contribution in [2.45, 2.75) is 12.5 Å². The van der Waals surface area contributed by atoms with Gasteiger partial charge in [0, 0.05) is 12.5 Å². The Morgan fingerprint density at radius 1 is 1.50 bits per heavy atom. The van der Waals surface area contributed by atoms with Crippen molar-refractivity contribution < 1.29 is 19.5 Å². The second-order valence-corrected chi connectivity index (χ2v) is 3.61. The highest BCUT2D eigenvalue weighted by Crippen LogP contribution is 2.25. The third kappa shape index (κ3) is 1.98. The number of nitrogens with two attached hydrogens (primary N) is 1. The summed E-state index contributed by atoms with van der Waals surface area (Å²) >= 11 is 0. The predicted molar refractivity (Wildman–Crippen MR) is 57.8 cm³/mol. The molecular formula is C9H8N4O5. The maximum atomic E-state index is 10.7. The highest BCUT2D eigenvalue weighted by Gasteiger charge is 2.22. The van der Waals surface area contributed by atoms with Crippen LogP contribution in [0.1, 0.15) is 5.56 Å². The minimum Gasteiger partial charge on any atom is -0.480 e. The van der Waals surface area contributed by atoms with E-state index in [1.54, 1.807) is 0 Å². The van der Waals surface area contributed by atoms with Crippen molar-refractivity contribution >= 4 is 22.7 Å². The number of carbonyl (C=O) groups is 1. The molecular weight excluding hydrogens is 244 g/mol. The fourth-order valence-electron chi connectivity index (χ4n) is 1.54. The van der Waals surface area contributed by atoms with E-state index in [4.69, 9.17) is 10.8 Å². The van der Waals surface area contributed by atoms with Crippen LogP contribution in [0.3, 0.4) is 0 Å². The Kier molecular flexibility index (Phi) is 2.90. The van der Waals surface area contributed by atoms with Crippen molar-refractivity contribution in [3.63, 3.8) is 0 Å². The smallest absolute Gasteiger partial charge is 0.320 e. The van der Waals surface area contributed by atoms with Crippen LogP contribution < -0.4 is 5.73 Å². The van der Waals surface area contributed by atoms with E-state index in [1.807, 2.05) is 0 Å². The van der Waals surface area contributed by atoms with Crippen LogP contribution in [-0.2, 0) is 11.2 Å². The van der Waals surface area contributed by atoms with Gasteiger partial charge < -0.3 is 10.8 Å². The van der Waals surface area contributed by atoms with Gasteiger partial charge in [-0.1, -0.05) is 0 Å². The van der Waals surface area contributed by atoms with Crippen molar-refractivity contribution in [2.24, 2.45) is 5.73 Å². The van der Waals surface area contributed by atoms with E-state index in [-0.39, 0.29) is 23.1 Å². The zero-order chi connectivity index (χ0) is 13.3. The first-order valence-electron chi connectivity index (χ1n) is 4.87. The largest absolute Gasteiger partial charge is 0.480 e. The van der Waals surface area contributed by atoms with E-state index in [0.29, 0.717) is 5.56 Å². The van der Waals surface area contributed by atoms with E-state index in [2.05, 4.69) is 14.9 Å². The van der Waals surface area contributed by atoms with Crippen LogP contribution in [0, 0.1) is 10.1 Å². The van der Waals surface area contributed by atoms with Crippen LogP contribution in [0.25, 0.3) is 11.0 Å². The summed E-state index contributed by atoms with van der Waals surface area (Å²) in [5, 5.41) is 26.4. The summed E-state index contributed by atoms with van der Waals surface area (Å²) in [6.45, 7) is 0. The minimum atomic E-state index is -1.17. The standard InChI is InChI=1S/C9H8N4O5/c10-5(9(14)15)3-4-1-2-6(13(16)17)8-7(4)11-18-12-8/h1-2,5H,3,10H2,(H,14,15)/t5-/m1/s1. The average Bonchev–Trinajstić information content (AvgIpc) is 2.77. The number of aliphatic carboxylic acids is 1. The molecule has 18 heavy (non-hydrogen) atoms. The molecule has 0 fully saturated rings. The molecule has 0 aliphatic heterocycles. The predicted octanol–water partition coefficient (Wildman–Crippen LogP) is 0.0854. The lowest BCUT2D eigenvalue weighted by Crippen LogP contribution is -2.32. The average molecular weight is 252 g/mol. The Morgan fingerprint density at radius 3 is 2.78 bits per heavy atom. The Morgan fingerprint density at radius 2 is 2.17 bits per heavy atom. The molecule has 2 rings (SSSR count). The molecule has 0 radical (unpaired) electrons. The summed E-state index contributed by atoms with van der Waals surface area (Å²) in [6, 6.07) is 1.50. The molecule has 1 aromatic carbocycles. The van der Waals surface area contributed by atoms with Crippen LogP contribution in [-0.4, -0.2) is 32.4 Å². The highest BCUT2D eigenvalue weighted by atomic mass is 16.6. The van der Waals surface area contributed by atoms with Gasteiger partial charge >= 0.3 is 11.7 Å². The lowest BCUT2D eigenvalue weighted by Gasteiger charge is -2.05.